The number of benzene rings is 1. The minimum absolute atomic E-state index is 0.0371. The van der Waals surface area contributed by atoms with Crippen LogP contribution < -0.4 is 9.47 Å². The summed E-state index contributed by atoms with van der Waals surface area (Å²) in [5, 5.41) is 10.5. The molecule has 2 bridgehead atoms. The van der Waals surface area contributed by atoms with Gasteiger partial charge in [-0.15, -0.1) is 0 Å². The van der Waals surface area contributed by atoms with Crippen LogP contribution in [0.3, 0.4) is 0 Å². The number of allylic oxidation sites excluding steroid dienone is 2. The molecule has 0 radical (unpaired) electrons. The molecule has 1 aliphatic carbocycles. The Morgan fingerprint density at radius 3 is 2.70 bits per heavy atom. The highest BCUT2D eigenvalue weighted by Crippen LogP contribution is 2.62. The Morgan fingerprint density at radius 1 is 1.30 bits per heavy atom. The minimum Gasteiger partial charge on any atom is -0.507 e. The van der Waals surface area contributed by atoms with Crippen LogP contribution in [0.15, 0.2) is 17.7 Å². The van der Waals surface area contributed by atoms with E-state index in [2.05, 4.69) is 33.8 Å². The Hall–Kier alpha value is -1.97. The van der Waals surface area contributed by atoms with Gasteiger partial charge in [-0.2, -0.15) is 0 Å². The highest BCUT2D eigenvalue weighted by atomic mass is 16.5. The fraction of sp³-hybridized carbons (Fsp3) is 0.609. The third-order valence-electron chi connectivity index (χ3n) is 6.77. The summed E-state index contributed by atoms with van der Waals surface area (Å²) in [6.07, 6.45) is 7.09. The van der Waals surface area contributed by atoms with Crippen molar-refractivity contribution in [3.63, 3.8) is 0 Å². The molecular formula is C23H30O4. The van der Waals surface area contributed by atoms with Gasteiger partial charge in [-0.25, -0.2) is 0 Å². The second-order valence-corrected chi connectivity index (χ2v) is 9.31. The first-order valence-electron chi connectivity index (χ1n) is 10.1. The lowest BCUT2D eigenvalue weighted by Crippen LogP contribution is -2.55. The second kappa shape index (κ2) is 6.02. The number of carbonyl (C=O) groups is 1. The van der Waals surface area contributed by atoms with Crippen molar-refractivity contribution in [2.75, 3.05) is 0 Å². The summed E-state index contributed by atoms with van der Waals surface area (Å²) in [5.74, 6) is 1.76. The van der Waals surface area contributed by atoms with Crippen LogP contribution in [0.4, 0.5) is 0 Å². The summed E-state index contributed by atoms with van der Waals surface area (Å²) < 4.78 is 12.9. The highest BCUT2D eigenvalue weighted by molar-refractivity contribution is 6.00. The van der Waals surface area contributed by atoms with E-state index in [9.17, 15) is 9.90 Å². The average molecular weight is 370 g/mol. The van der Waals surface area contributed by atoms with Gasteiger partial charge in [0.1, 0.15) is 34.0 Å². The maximum atomic E-state index is 12.3. The Morgan fingerprint density at radius 2 is 2.04 bits per heavy atom. The van der Waals surface area contributed by atoms with Crippen molar-refractivity contribution < 1.29 is 19.4 Å². The number of rotatable bonds is 4. The van der Waals surface area contributed by atoms with Crippen molar-refractivity contribution in [3.8, 4) is 17.2 Å². The lowest BCUT2D eigenvalue weighted by Gasteiger charge is -2.56. The molecule has 1 N–H and O–H groups in total. The molecule has 146 valence electrons. The quantitative estimate of drug-likeness (QED) is 0.559. The van der Waals surface area contributed by atoms with Crippen LogP contribution in [0.1, 0.15) is 88.6 Å². The molecule has 4 heteroatoms. The van der Waals surface area contributed by atoms with E-state index in [1.807, 2.05) is 0 Å². The van der Waals surface area contributed by atoms with E-state index in [0.717, 1.165) is 37.7 Å². The monoisotopic (exact) mass is 370 g/mol. The molecule has 1 aromatic rings. The van der Waals surface area contributed by atoms with Gasteiger partial charge in [-0.05, 0) is 66.7 Å². The first-order chi connectivity index (χ1) is 12.6. The van der Waals surface area contributed by atoms with Crippen LogP contribution in [0.5, 0.6) is 17.2 Å². The van der Waals surface area contributed by atoms with Crippen molar-refractivity contribution in [1.82, 2.24) is 0 Å². The Kier molecular flexibility index (Phi) is 4.10. The van der Waals surface area contributed by atoms with Gasteiger partial charge in [0.15, 0.2) is 5.78 Å². The third-order valence-corrected chi connectivity index (χ3v) is 6.77. The Labute approximate surface area is 161 Å². The number of hydrogen-bond donors (Lipinski definition) is 1. The lowest BCUT2D eigenvalue weighted by molar-refractivity contribution is -0.0840. The largest absolute Gasteiger partial charge is 0.507 e. The summed E-state index contributed by atoms with van der Waals surface area (Å²) in [4.78, 5) is 12.3. The van der Waals surface area contributed by atoms with E-state index in [0.29, 0.717) is 28.9 Å². The van der Waals surface area contributed by atoms with Crippen molar-refractivity contribution in [1.29, 1.82) is 0 Å². The smallest absolute Gasteiger partial charge is 0.167 e. The van der Waals surface area contributed by atoms with Gasteiger partial charge in [0.2, 0.25) is 0 Å². The summed E-state index contributed by atoms with van der Waals surface area (Å²) in [5.41, 5.74) is 2.06. The zero-order chi connectivity index (χ0) is 19.6. The van der Waals surface area contributed by atoms with Crippen LogP contribution >= 0.6 is 0 Å². The molecule has 1 aromatic carbocycles. The highest BCUT2D eigenvalue weighted by Gasteiger charge is 2.56. The van der Waals surface area contributed by atoms with Gasteiger partial charge >= 0.3 is 0 Å². The van der Waals surface area contributed by atoms with Gasteiger partial charge in [0.25, 0.3) is 0 Å². The number of aromatic hydroxyl groups is 1. The van der Waals surface area contributed by atoms with Gasteiger partial charge in [-0.3, -0.25) is 4.79 Å². The number of phenols is 1. The summed E-state index contributed by atoms with van der Waals surface area (Å²) in [6.45, 7) is 10.1. The van der Waals surface area contributed by atoms with Crippen molar-refractivity contribution in [2.24, 2.45) is 5.92 Å². The topological polar surface area (TPSA) is 55.8 Å². The van der Waals surface area contributed by atoms with E-state index >= 15 is 0 Å². The van der Waals surface area contributed by atoms with E-state index in [1.54, 1.807) is 6.07 Å². The van der Waals surface area contributed by atoms with Crippen molar-refractivity contribution in [3.05, 3.63) is 28.8 Å². The Bertz CT molecular complexity index is 835. The zero-order valence-electron chi connectivity index (χ0n) is 17.0. The van der Waals surface area contributed by atoms with Gasteiger partial charge < -0.3 is 14.6 Å². The van der Waals surface area contributed by atoms with Gasteiger partial charge in [0, 0.05) is 23.5 Å². The molecule has 1 saturated carbocycles. The molecule has 4 rings (SSSR count). The first-order valence-corrected chi connectivity index (χ1v) is 10.1. The van der Waals surface area contributed by atoms with E-state index in [1.165, 1.54) is 12.5 Å². The molecule has 2 aliphatic heterocycles. The molecule has 0 aromatic heterocycles. The molecule has 4 atom stereocenters. The zero-order valence-corrected chi connectivity index (χ0v) is 17.0. The minimum atomic E-state index is -0.350. The van der Waals surface area contributed by atoms with Crippen LogP contribution in [0.2, 0.25) is 0 Å². The second-order valence-electron chi connectivity index (χ2n) is 9.31. The molecule has 3 aliphatic rings. The Balaban J connectivity index is 1.86. The number of fused-ring (bicyclic) bond motifs is 1. The molecule has 27 heavy (non-hydrogen) atoms. The van der Waals surface area contributed by atoms with E-state index in [-0.39, 0.29) is 22.7 Å². The van der Waals surface area contributed by atoms with Crippen molar-refractivity contribution >= 4 is 5.78 Å². The normalized spacial score (nSPS) is 32.9. The maximum Gasteiger partial charge on any atom is 0.167 e. The van der Waals surface area contributed by atoms with Gasteiger partial charge in [0.05, 0.1) is 0 Å². The molecular weight excluding hydrogens is 340 g/mol. The molecule has 2 heterocycles. The SMILES string of the molecule is CC(=O)c1c(O)cc2c3c1O[C@](C)(CCC=C(C)C)[C@H]1CC[C@](C)(C[C@@H]31)O2. The molecule has 1 fully saturated rings. The predicted molar refractivity (Wildman–Crippen MR) is 105 cm³/mol. The molecule has 0 unspecified atom stereocenters. The number of phenolic OH excluding ortho intramolecular Hbond substituents is 1. The van der Waals surface area contributed by atoms with E-state index < -0.39 is 0 Å². The average Bonchev–Trinajstić information content (AvgIpc) is 2.52. The number of carbonyl (C=O) groups excluding carboxylic acids is 1. The lowest BCUT2D eigenvalue weighted by atomic mass is 9.60. The van der Waals surface area contributed by atoms with Crippen LogP contribution in [0, 0.1) is 5.92 Å². The number of ketones is 1. The maximum absolute atomic E-state index is 12.3. The van der Waals surface area contributed by atoms with Gasteiger partial charge in [-0.1, -0.05) is 11.6 Å². The van der Waals surface area contributed by atoms with Crippen LogP contribution in [0.25, 0.3) is 0 Å². The first kappa shape index (κ1) is 18.4. The summed E-state index contributed by atoms with van der Waals surface area (Å²) >= 11 is 0. The molecule has 0 saturated heterocycles. The molecule has 0 spiro atoms. The van der Waals surface area contributed by atoms with E-state index in [4.69, 9.17) is 9.47 Å². The van der Waals surface area contributed by atoms with Crippen LogP contribution in [-0.4, -0.2) is 22.1 Å². The predicted octanol–water partition coefficient (Wildman–Crippen LogP) is 5.53. The summed E-state index contributed by atoms with van der Waals surface area (Å²) in [6, 6.07) is 1.62. The standard InChI is InChI=1S/C23H30O4/c1-13(2)7-6-9-23(5)16-8-10-22(4)12-15(16)20-18(26-22)11-17(25)19(14(3)24)21(20)27-23/h7,11,15-16,25H,6,8-10,12H2,1-5H3/t15-,16+,22-,23-/m1/s1. The number of ether oxygens (including phenoxy) is 2. The number of hydrogen-bond acceptors (Lipinski definition) is 4. The summed E-state index contributed by atoms with van der Waals surface area (Å²) in [7, 11) is 0. The fourth-order valence-corrected chi connectivity index (χ4v) is 5.48. The third kappa shape index (κ3) is 2.84. The molecule has 4 nitrogen and oxygen atoms in total. The number of Topliss-reactive ketones (excluding diaryl/α,β-unsaturated/α-hetero) is 1. The van der Waals surface area contributed by atoms with Crippen molar-refractivity contribution in [2.45, 2.75) is 83.8 Å². The van der Waals surface area contributed by atoms with Crippen LogP contribution in [-0.2, 0) is 0 Å². The molecule has 0 amide bonds. The fourth-order valence-electron chi connectivity index (χ4n) is 5.48.